The number of Topliss-reactive ketones (excluding diaryl/α,β-unsaturated/α-hetero) is 1. The summed E-state index contributed by atoms with van der Waals surface area (Å²) in [5.74, 6) is -2.02. The smallest absolute Gasteiger partial charge is 0.300 e. The first-order chi connectivity index (χ1) is 15.6. The maximum atomic E-state index is 13.1. The van der Waals surface area contributed by atoms with Crippen molar-refractivity contribution in [3.8, 4) is 0 Å². The number of nitrogens with two attached hydrogens (primary N) is 1. The molecular formula is C24H19ClN2O5S. The first kappa shape index (κ1) is 22.7. The molecule has 0 aliphatic carbocycles. The van der Waals surface area contributed by atoms with Gasteiger partial charge in [-0.05, 0) is 48.9 Å². The number of rotatable bonds is 4. The van der Waals surface area contributed by atoms with E-state index in [0.717, 1.165) is 5.56 Å². The predicted octanol–water partition coefficient (Wildman–Crippen LogP) is 3.92. The minimum absolute atomic E-state index is 0.0818. The first-order valence-electron chi connectivity index (χ1n) is 9.84. The van der Waals surface area contributed by atoms with E-state index >= 15 is 0 Å². The van der Waals surface area contributed by atoms with E-state index in [9.17, 15) is 23.1 Å². The summed E-state index contributed by atoms with van der Waals surface area (Å²) >= 11 is 6.02. The number of aliphatic hydroxyl groups is 1. The van der Waals surface area contributed by atoms with Crippen molar-refractivity contribution < 1.29 is 23.1 Å². The van der Waals surface area contributed by atoms with Gasteiger partial charge in [0.05, 0.1) is 16.5 Å². The quantitative estimate of drug-likeness (QED) is 0.332. The third kappa shape index (κ3) is 4.28. The Kier molecular flexibility index (Phi) is 5.84. The molecule has 1 heterocycles. The molecule has 33 heavy (non-hydrogen) atoms. The van der Waals surface area contributed by atoms with Gasteiger partial charge in [0.15, 0.2) is 0 Å². The molecule has 1 aliphatic rings. The van der Waals surface area contributed by atoms with Gasteiger partial charge in [-0.2, -0.15) is 0 Å². The summed E-state index contributed by atoms with van der Waals surface area (Å²) < 4.78 is 23.2. The molecule has 3 aromatic carbocycles. The van der Waals surface area contributed by atoms with Gasteiger partial charge in [-0.3, -0.25) is 14.5 Å². The second-order valence-electron chi connectivity index (χ2n) is 7.63. The Hall–Kier alpha value is -3.46. The Bertz CT molecular complexity index is 1380. The van der Waals surface area contributed by atoms with E-state index in [0.29, 0.717) is 16.1 Å². The molecule has 0 aromatic heterocycles. The Morgan fingerprint density at radius 2 is 1.52 bits per heavy atom. The van der Waals surface area contributed by atoms with Crippen molar-refractivity contribution in [3.63, 3.8) is 0 Å². The first-order valence-corrected chi connectivity index (χ1v) is 11.8. The maximum Gasteiger partial charge on any atom is 0.300 e. The number of benzene rings is 3. The van der Waals surface area contributed by atoms with E-state index in [2.05, 4.69) is 0 Å². The van der Waals surface area contributed by atoms with Gasteiger partial charge in [0, 0.05) is 16.3 Å². The second-order valence-corrected chi connectivity index (χ2v) is 9.62. The zero-order valence-electron chi connectivity index (χ0n) is 17.4. The number of aliphatic hydroxyl groups excluding tert-OH is 1. The number of carbonyl (C=O) groups excluding carboxylic acids is 2. The molecule has 7 nitrogen and oxygen atoms in total. The largest absolute Gasteiger partial charge is 0.507 e. The Morgan fingerprint density at radius 1 is 0.939 bits per heavy atom. The van der Waals surface area contributed by atoms with E-state index < -0.39 is 27.8 Å². The molecule has 1 aliphatic heterocycles. The Balaban J connectivity index is 1.91. The lowest BCUT2D eigenvalue weighted by molar-refractivity contribution is -0.132. The van der Waals surface area contributed by atoms with Gasteiger partial charge in [0.2, 0.25) is 10.0 Å². The van der Waals surface area contributed by atoms with Crippen molar-refractivity contribution in [3.05, 3.63) is 100 Å². The fraction of sp³-hybridized carbons (Fsp3) is 0.0833. The van der Waals surface area contributed by atoms with Gasteiger partial charge in [-0.15, -0.1) is 0 Å². The van der Waals surface area contributed by atoms with E-state index in [1.165, 1.54) is 29.2 Å². The number of amides is 1. The van der Waals surface area contributed by atoms with Crippen LogP contribution >= 0.6 is 11.6 Å². The Morgan fingerprint density at radius 3 is 2.06 bits per heavy atom. The molecule has 1 saturated heterocycles. The number of hydrogen-bond acceptors (Lipinski definition) is 5. The summed E-state index contributed by atoms with van der Waals surface area (Å²) in [7, 11) is -3.94. The van der Waals surface area contributed by atoms with E-state index in [1.54, 1.807) is 48.5 Å². The predicted molar refractivity (Wildman–Crippen MR) is 125 cm³/mol. The highest BCUT2D eigenvalue weighted by molar-refractivity contribution is 7.89. The van der Waals surface area contributed by atoms with Crippen LogP contribution in [-0.4, -0.2) is 25.2 Å². The van der Waals surface area contributed by atoms with Crippen molar-refractivity contribution >= 4 is 44.8 Å². The van der Waals surface area contributed by atoms with Crippen molar-refractivity contribution in [2.75, 3.05) is 4.90 Å². The van der Waals surface area contributed by atoms with Gasteiger partial charge in [0.1, 0.15) is 5.76 Å². The summed E-state index contributed by atoms with van der Waals surface area (Å²) in [6.07, 6.45) is 0. The number of anilines is 1. The number of hydrogen-bond donors (Lipinski definition) is 2. The number of primary sulfonamides is 1. The summed E-state index contributed by atoms with van der Waals surface area (Å²) in [6, 6.07) is 17.8. The van der Waals surface area contributed by atoms with Crippen LogP contribution in [0.1, 0.15) is 22.7 Å². The van der Waals surface area contributed by atoms with Gasteiger partial charge in [-0.1, -0.05) is 53.6 Å². The molecule has 168 valence electrons. The molecule has 3 aromatic rings. The van der Waals surface area contributed by atoms with Crippen LogP contribution in [0.4, 0.5) is 5.69 Å². The van der Waals surface area contributed by atoms with Crippen LogP contribution in [0.3, 0.4) is 0 Å². The maximum absolute atomic E-state index is 13.1. The molecule has 1 fully saturated rings. The van der Waals surface area contributed by atoms with E-state index in [1.807, 2.05) is 6.92 Å². The van der Waals surface area contributed by atoms with Gasteiger partial charge >= 0.3 is 0 Å². The molecule has 1 amide bonds. The highest BCUT2D eigenvalue weighted by Gasteiger charge is 2.47. The lowest BCUT2D eigenvalue weighted by atomic mass is 9.95. The lowest BCUT2D eigenvalue weighted by Crippen LogP contribution is -2.29. The van der Waals surface area contributed by atoms with E-state index in [-0.39, 0.29) is 21.9 Å². The Labute approximate surface area is 195 Å². The minimum Gasteiger partial charge on any atom is -0.507 e. The average Bonchev–Trinajstić information content (AvgIpc) is 3.04. The molecule has 1 atom stereocenters. The average molecular weight is 483 g/mol. The number of aryl methyl sites for hydroxylation is 1. The second kappa shape index (κ2) is 8.47. The van der Waals surface area contributed by atoms with Crippen LogP contribution in [0.5, 0.6) is 0 Å². The molecule has 0 radical (unpaired) electrons. The summed E-state index contributed by atoms with van der Waals surface area (Å²) in [5, 5.41) is 16.7. The van der Waals surface area contributed by atoms with Crippen molar-refractivity contribution in [2.24, 2.45) is 5.14 Å². The molecule has 0 unspecified atom stereocenters. The van der Waals surface area contributed by atoms with Crippen molar-refractivity contribution in [1.82, 2.24) is 0 Å². The zero-order chi connectivity index (χ0) is 23.9. The van der Waals surface area contributed by atoms with Crippen molar-refractivity contribution in [1.29, 1.82) is 0 Å². The number of ketones is 1. The third-order valence-corrected chi connectivity index (χ3v) is 6.58. The third-order valence-electron chi connectivity index (χ3n) is 5.40. The lowest BCUT2D eigenvalue weighted by Gasteiger charge is -2.25. The van der Waals surface area contributed by atoms with Crippen LogP contribution in [0, 0.1) is 6.92 Å². The monoisotopic (exact) mass is 482 g/mol. The summed E-state index contributed by atoms with van der Waals surface area (Å²) in [4.78, 5) is 27.3. The fourth-order valence-corrected chi connectivity index (χ4v) is 4.36. The SMILES string of the molecule is Cc1ccc(C(O)=C2C(=O)C(=O)N(c3ccc(S(N)(=O)=O)cc3)[C@H]2c2ccc(Cl)cc2)cc1. The zero-order valence-corrected chi connectivity index (χ0v) is 19.0. The molecule has 4 rings (SSSR count). The van der Waals surface area contributed by atoms with E-state index in [4.69, 9.17) is 16.7 Å². The normalized spacial score (nSPS) is 18.0. The summed E-state index contributed by atoms with van der Waals surface area (Å²) in [6.45, 7) is 1.89. The molecular weight excluding hydrogens is 464 g/mol. The van der Waals surface area contributed by atoms with Crippen LogP contribution < -0.4 is 10.0 Å². The van der Waals surface area contributed by atoms with Crippen LogP contribution in [0.25, 0.3) is 5.76 Å². The molecule has 0 saturated carbocycles. The minimum atomic E-state index is -3.94. The number of sulfonamides is 1. The highest BCUT2D eigenvalue weighted by Crippen LogP contribution is 2.42. The van der Waals surface area contributed by atoms with Crippen LogP contribution in [-0.2, 0) is 19.6 Å². The highest BCUT2D eigenvalue weighted by atomic mass is 35.5. The van der Waals surface area contributed by atoms with Gasteiger partial charge in [0.25, 0.3) is 11.7 Å². The van der Waals surface area contributed by atoms with Crippen LogP contribution in [0.15, 0.2) is 83.3 Å². The molecule has 9 heteroatoms. The fourth-order valence-electron chi connectivity index (χ4n) is 3.72. The molecule has 3 N–H and O–H groups in total. The molecule has 0 bridgehead atoms. The molecule has 0 spiro atoms. The van der Waals surface area contributed by atoms with Crippen molar-refractivity contribution in [2.45, 2.75) is 17.9 Å². The van der Waals surface area contributed by atoms with Gasteiger partial charge in [-0.25, -0.2) is 13.6 Å². The van der Waals surface area contributed by atoms with Crippen LogP contribution in [0.2, 0.25) is 5.02 Å². The standard InChI is InChI=1S/C24H19ClN2O5S/c1-14-2-4-16(5-3-14)22(28)20-21(15-6-8-17(25)9-7-15)27(24(30)23(20)29)18-10-12-19(13-11-18)33(26,31)32/h2-13,21,28H,1H3,(H2,26,31,32)/t21-/m0/s1. The topological polar surface area (TPSA) is 118 Å². The van der Waals surface area contributed by atoms with Gasteiger partial charge < -0.3 is 5.11 Å². The number of halogens is 1. The summed E-state index contributed by atoms with van der Waals surface area (Å²) in [5.41, 5.74) is 2.09. The number of carbonyl (C=O) groups is 2. The number of nitrogens with zero attached hydrogens (tertiary/aromatic N) is 1.